The molecule has 1 atom stereocenters. The lowest BCUT2D eigenvalue weighted by Crippen LogP contribution is -2.49. The van der Waals surface area contributed by atoms with Gasteiger partial charge in [0.1, 0.15) is 11.6 Å². The zero-order valence-corrected chi connectivity index (χ0v) is 11.7. The summed E-state index contributed by atoms with van der Waals surface area (Å²) in [4.78, 5) is 0. The lowest BCUT2D eigenvalue weighted by Gasteiger charge is -2.48. The largest absolute Gasteiger partial charge is 0.271 e. The number of hydrogen-bond acceptors (Lipinski definition) is 2. The predicted molar refractivity (Wildman–Crippen MR) is 78.4 cm³/mol. The van der Waals surface area contributed by atoms with E-state index in [0.29, 0.717) is 5.56 Å². The van der Waals surface area contributed by atoms with Gasteiger partial charge in [-0.3, -0.25) is 11.3 Å². The smallest absolute Gasteiger partial charge is 0.126 e. The molecule has 3 N–H and O–H groups in total. The van der Waals surface area contributed by atoms with E-state index < -0.39 is 11.6 Å². The molecule has 1 aliphatic rings. The third-order valence-corrected chi connectivity index (χ3v) is 4.53. The molecule has 0 amide bonds. The zero-order valence-electron chi connectivity index (χ0n) is 11.7. The summed E-state index contributed by atoms with van der Waals surface area (Å²) in [5, 5.41) is 0. The van der Waals surface area contributed by atoms with Gasteiger partial charge in [-0.1, -0.05) is 36.8 Å². The van der Waals surface area contributed by atoms with E-state index in [1.807, 2.05) is 18.2 Å². The minimum absolute atomic E-state index is 0.198. The minimum Gasteiger partial charge on any atom is -0.271 e. The average Bonchev–Trinajstić information content (AvgIpc) is 2.42. The quantitative estimate of drug-likeness (QED) is 0.666. The van der Waals surface area contributed by atoms with Gasteiger partial charge in [-0.25, -0.2) is 8.78 Å². The van der Waals surface area contributed by atoms with Crippen molar-refractivity contribution in [2.45, 2.75) is 30.7 Å². The Hall–Kier alpha value is -1.78. The van der Waals surface area contributed by atoms with E-state index in [4.69, 9.17) is 5.84 Å². The van der Waals surface area contributed by atoms with Gasteiger partial charge in [-0.2, -0.15) is 0 Å². The first-order valence-corrected chi connectivity index (χ1v) is 7.13. The Morgan fingerprint density at radius 3 is 2.10 bits per heavy atom. The number of benzene rings is 2. The summed E-state index contributed by atoms with van der Waals surface area (Å²) >= 11 is 0. The number of nitrogens with two attached hydrogens (primary N) is 1. The van der Waals surface area contributed by atoms with Crippen LogP contribution in [-0.2, 0) is 5.41 Å². The van der Waals surface area contributed by atoms with Crippen molar-refractivity contribution in [3.8, 4) is 0 Å². The molecule has 1 saturated carbocycles. The molecule has 0 radical (unpaired) electrons. The van der Waals surface area contributed by atoms with Crippen molar-refractivity contribution >= 4 is 0 Å². The van der Waals surface area contributed by atoms with Gasteiger partial charge in [0.25, 0.3) is 0 Å². The van der Waals surface area contributed by atoms with Crippen LogP contribution in [0.3, 0.4) is 0 Å². The zero-order chi connectivity index (χ0) is 14.9. The molecule has 1 fully saturated rings. The van der Waals surface area contributed by atoms with Crippen LogP contribution in [0.15, 0.2) is 48.5 Å². The maximum absolute atomic E-state index is 13.5. The first kappa shape index (κ1) is 14.2. The Bertz CT molecular complexity index is 604. The second-order valence-corrected chi connectivity index (χ2v) is 5.68. The SMILES string of the molecule is NNC(c1cc(F)cc(F)c1)C1(c2ccccc2)CCC1. The van der Waals surface area contributed by atoms with Gasteiger partial charge in [0.15, 0.2) is 0 Å². The molecule has 1 aliphatic carbocycles. The summed E-state index contributed by atoms with van der Waals surface area (Å²) in [7, 11) is 0. The van der Waals surface area contributed by atoms with Crippen LogP contribution in [0.25, 0.3) is 0 Å². The Balaban J connectivity index is 2.05. The molecular weight excluding hydrogens is 270 g/mol. The molecule has 0 spiro atoms. The van der Waals surface area contributed by atoms with Crippen LogP contribution in [0.2, 0.25) is 0 Å². The summed E-state index contributed by atoms with van der Waals surface area (Å²) in [6.07, 6.45) is 2.99. The fourth-order valence-corrected chi connectivity index (χ4v) is 3.39. The van der Waals surface area contributed by atoms with Crippen LogP contribution in [0, 0.1) is 11.6 Å². The summed E-state index contributed by atoms with van der Waals surface area (Å²) < 4.78 is 27.1. The second kappa shape index (κ2) is 5.54. The van der Waals surface area contributed by atoms with Crippen LogP contribution < -0.4 is 11.3 Å². The number of nitrogens with one attached hydrogen (secondary N) is 1. The van der Waals surface area contributed by atoms with E-state index >= 15 is 0 Å². The molecule has 0 saturated heterocycles. The highest BCUT2D eigenvalue weighted by Crippen LogP contribution is 2.51. The third-order valence-electron chi connectivity index (χ3n) is 4.53. The lowest BCUT2D eigenvalue weighted by molar-refractivity contribution is 0.169. The molecule has 110 valence electrons. The van der Waals surface area contributed by atoms with E-state index in [-0.39, 0.29) is 11.5 Å². The summed E-state index contributed by atoms with van der Waals surface area (Å²) in [5.41, 5.74) is 4.29. The monoisotopic (exact) mass is 288 g/mol. The first-order chi connectivity index (χ1) is 10.2. The molecule has 2 aromatic rings. The highest BCUT2D eigenvalue weighted by molar-refractivity contribution is 5.36. The highest BCUT2D eigenvalue weighted by Gasteiger charge is 2.45. The van der Waals surface area contributed by atoms with E-state index in [9.17, 15) is 8.78 Å². The maximum atomic E-state index is 13.5. The standard InChI is InChI=1S/C17H18F2N2/c18-14-9-12(10-15(19)11-14)16(21-20)17(7-4-8-17)13-5-2-1-3-6-13/h1-3,5-6,9-11,16,21H,4,7-8,20H2. The van der Waals surface area contributed by atoms with Crippen LogP contribution in [-0.4, -0.2) is 0 Å². The molecule has 4 heteroatoms. The molecule has 2 nitrogen and oxygen atoms in total. The van der Waals surface area contributed by atoms with Gasteiger partial charge in [0.05, 0.1) is 6.04 Å². The summed E-state index contributed by atoms with van der Waals surface area (Å²) in [5.74, 6) is 4.59. The van der Waals surface area contributed by atoms with Crippen LogP contribution in [0.4, 0.5) is 8.78 Å². The molecule has 0 heterocycles. The third kappa shape index (κ3) is 2.45. The number of halogens is 2. The molecule has 0 bridgehead atoms. The van der Waals surface area contributed by atoms with Gasteiger partial charge in [-0.15, -0.1) is 0 Å². The molecular formula is C17H18F2N2. The van der Waals surface area contributed by atoms with Crippen molar-refractivity contribution in [1.82, 2.24) is 5.43 Å². The molecule has 3 rings (SSSR count). The maximum Gasteiger partial charge on any atom is 0.126 e. The Morgan fingerprint density at radius 2 is 1.62 bits per heavy atom. The Morgan fingerprint density at radius 1 is 1.00 bits per heavy atom. The first-order valence-electron chi connectivity index (χ1n) is 7.13. The van der Waals surface area contributed by atoms with Crippen molar-refractivity contribution in [3.63, 3.8) is 0 Å². The fourth-order valence-electron chi connectivity index (χ4n) is 3.39. The predicted octanol–water partition coefficient (Wildman–Crippen LogP) is 3.59. The minimum atomic E-state index is -0.576. The number of rotatable bonds is 4. The number of hydrazine groups is 1. The second-order valence-electron chi connectivity index (χ2n) is 5.68. The molecule has 2 aromatic carbocycles. The average molecular weight is 288 g/mol. The van der Waals surface area contributed by atoms with Crippen molar-refractivity contribution in [3.05, 3.63) is 71.3 Å². The van der Waals surface area contributed by atoms with Crippen molar-refractivity contribution in [1.29, 1.82) is 0 Å². The highest BCUT2D eigenvalue weighted by atomic mass is 19.1. The topological polar surface area (TPSA) is 38.0 Å². The molecule has 0 aliphatic heterocycles. The van der Waals surface area contributed by atoms with Crippen LogP contribution >= 0.6 is 0 Å². The Labute approximate surface area is 122 Å². The molecule has 0 aromatic heterocycles. The van der Waals surface area contributed by atoms with Crippen molar-refractivity contribution in [2.24, 2.45) is 5.84 Å². The van der Waals surface area contributed by atoms with Crippen molar-refractivity contribution in [2.75, 3.05) is 0 Å². The number of hydrogen-bond donors (Lipinski definition) is 2. The van der Waals surface area contributed by atoms with Gasteiger partial charge in [0.2, 0.25) is 0 Å². The summed E-state index contributed by atoms with van der Waals surface area (Å²) in [6.45, 7) is 0. The summed E-state index contributed by atoms with van der Waals surface area (Å²) in [6, 6.07) is 13.3. The van der Waals surface area contributed by atoms with Gasteiger partial charge < -0.3 is 0 Å². The normalized spacial score (nSPS) is 18.0. The molecule has 21 heavy (non-hydrogen) atoms. The van der Waals surface area contributed by atoms with E-state index in [1.54, 1.807) is 0 Å². The van der Waals surface area contributed by atoms with Crippen molar-refractivity contribution < 1.29 is 8.78 Å². The lowest BCUT2D eigenvalue weighted by atomic mass is 9.59. The van der Waals surface area contributed by atoms with Crippen LogP contribution in [0.1, 0.15) is 36.4 Å². The van der Waals surface area contributed by atoms with Gasteiger partial charge >= 0.3 is 0 Å². The molecule has 1 unspecified atom stereocenters. The van der Waals surface area contributed by atoms with E-state index in [2.05, 4.69) is 17.6 Å². The van der Waals surface area contributed by atoms with Crippen LogP contribution in [0.5, 0.6) is 0 Å². The van der Waals surface area contributed by atoms with Gasteiger partial charge in [-0.05, 0) is 36.1 Å². The van der Waals surface area contributed by atoms with E-state index in [0.717, 1.165) is 30.9 Å². The van der Waals surface area contributed by atoms with E-state index in [1.165, 1.54) is 12.1 Å². The van der Waals surface area contributed by atoms with Gasteiger partial charge in [0, 0.05) is 11.5 Å². The fraction of sp³-hybridized carbons (Fsp3) is 0.294. The Kier molecular flexibility index (Phi) is 3.74.